The molecule has 8 heteroatoms. The van der Waals surface area contributed by atoms with Crippen LogP contribution < -0.4 is 9.64 Å². The van der Waals surface area contributed by atoms with Gasteiger partial charge >= 0.3 is 0 Å². The average Bonchev–Trinajstić information content (AvgIpc) is 2.81. The molecule has 4 rings (SSSR count). The quantitative estimate of drug-likeness (QED) is 0.562. The summed E-state index contributed by atoms with van der Waals surface area (Å²) < 4.78 is 5.78. The van der Waals surface area contributed by atoms with Crippen LogP contribution in [0, 0.1) is 0 Å². The molecule has 0 saturated carbocycles. The average molecular weight is 457 g/mol. The molecule has 1 aromatic heterocycles. The lowest BCUT2D eigenvalue weighted by Crippen LogP contribution is -2.52. The van der Waals surface area contributed by atoms with Crippen molar-refractivity contribution in [3.05, 3.63) is 71.0 Å². The molecule has 0 radical (unpaired) electrons. The Morgan fingerprint density at radius 2 is 1.74 bits per heavy atom. The Morgan fingerprint density at radius 3 is 2.45 bits per heavy atom. The Hall–Kier alpha value is -2.83. The van der Waals surface area contributed by atoms with E-state index in [1.807, 2.05) is 41.3 Å². The van der Waals surface area contributed by atoms with Crippen LogP contribution in [0.5, 0.6) is 5.75 Å². The molecule has 3 aromatic rings. The molecule has 0 spiro atoms. The van der Waals surface area contributed by atoms with Gasteiger partial charge in [0.1, 0.15) is 17.9 Å². The number of nitrogens with zero attached hydrogens (tertiary/aromatic N) is 4. The highest BCUT2D eigenvalue weighted by Crippen LogP contribution is 2.28. The summed E-state index contributed by atoms with van der Waals surface area (Å²) in [7, 11) is 0. The first kappa shape index (κ1) is 21.4. The summed E-state index contributed by atoms with van der Waals surface area (Å²) in [6.07, 6.45) is 0.940. The van der Waals surface area contributed by atoms with Crippen molar-refractivity contribution in [1.82, 2.24) is 14.9 Å². The van der Waals surface area contributed by atoms with Crippen LogP contribution in [0.2, 0.25) is 10.0 Å². The van der Waals surface area contributed by atoms with Crippen molar-refractivity contribution in [2.24, 2.45) is 0 Å². The minimum atomic E-state index is -0.644. The van der Waals surface area contributed by atoms with Crippen molar-refractivity contribution in [1.29, 1.82) is 0 Å². The molecule has 2 heterocycles. The highest BCUT2D eigenvalue weighted by atomic mass is 35.5. The second-order valence-corrected chi connectivity index (χ2v) is 8.12. The molecule has 1 fully saturated rings. The van der Waals surface area contributed by atoms with E-state index in [1.165, 1.54) is 0 Å². The lowest BCUT2D eigenvalue weighted by molar-refractivity contribution is -0.138. The normalized spacial score (nSPS) is 14.9. The molecule has 1 atom stereocenters. The summed E-state index contributed by atoms with van der Waals surface area (Å²) in [5, 5.41) is 0.905. The fourth-order valence-electron chi connectivity index (χ4n) is 3.51. The number of ether oxygens (including phenoxy) is 1. The van der Waals surface area contributed by atoms with E-state index >= 15 is 0 Å². The molecule has 0 bridgehead atoms. The van der Waals surface area contributed by atoms with Gasteiger partial charge in [-0.1, -0.05) is 53.5 Å². The van der Waals surface area contributed by atoms with Gasteiger partial charge < -0.3 is 14.5 Å². The minimum Gasteiger partial charge on any atom is -0.479 e. The van der Waals surface area contributed by atoms with E-state index in [0.29, 0.717) is 42.0 Å². The SMILES string of the molecule is CC(Oc1ccc(Cl)cc1Cl)C(=O)N1CCN(c2cc(-c3ccccc3)ncn2)CC1. The van der Waals surface area contributed by atoms with Crippen LogP contribution in [-0.2, 0) is 4.79 Å². The zero-order valence-corrected chi connectivity index (χ0v) is 18.6. The van der Waals surface area contributed by atoms with E-state index in [0.717, 1.165) is 17.1 Å². The number of piperazine rings is 1. The molecular weight excluding hydrogens is 435 g/mol. The number of carbonyl (C=O) groups is 1. The molecule has 1 saturated heterocycles. The number of halogens is 2. The number of carbonyl (C=O) groups excluding carboxylic acids is 1. The smallest absolute Gasteiger partial charge is 0.263 e. The van der Waals surface area contributed by atoms with Gasteiger partial charge in [0, 0.05) is 42.8 Å². The molecule has 1 aliphatic rings. The Bertz CT molecular complexity index is 1060. The van der Waals surface area contributed by atoms with Crippen LogP contribution in [0.25, 0.3) is 11.3 Å². The van der Waals surface area contributed by atoms with Crippen molar-refractivity contribution in [2.75, 3.05) is 31.1 Å². The van der Waals surface area contributed by atoms with Crippen molar-refractivity contribution in [2.45, 2.75) is 13.0 Å². The van der Waals surface area contributed by atoms with Crippen LogP contribution in [0.15, 0.2) is 60.9 Å². The predicted molar refractivity (Wildman–Crippen MR) is 123 cm³/mol. The summed E-state index contributed by atoms with van der Waals surface area (Å²) >= 11 is 12.1. The van der Waals surface area contributed by atoms with Gasteiger partial charge in [-0.15, -0.1) is 0 Å². The van der Waals surface area contributed by atoms with Gasteiger partial charge in [0.2, 0.25) is 0 Å². The Morgan fingerprint density at radius 1 is 1.00 bits per heavy atom. The zero-order chi connectivity index (χ0) is 21.8. The highest BCUT2D eigenvalue weighted by Gasteiger charge is 2.27. The summed E-state index contributed by atoms with van der Waals surface area (Å²) in [6, 6.07) is 16.9. The molecule has 31 heavy (non-hydrogen) atoms. The number of hydrogen-bond acceptors (Lipinski definition) is 5. The first-order valence-corrected chi connectivity index (χ1v) is 10.8. The number of hydrogen-bond donors (Lipinski definition) is 0. The lowest BCUT2D eigenvalue weighted by atomic mass is 10.1. The lowest BCUT2D eigenvalue weighted by Gasteiger charge is -2.36. The number of benzene rings is 2. The van der Waals surface area contributed by atoms with E-state index in [1.54, 1.807) is 31.5 Å². The van der Waals surface area contributed by atoms with Gasteiger partial charge in [-0.3, -0.25) is 4.79 Å². The number of amides is 1. The monoisotopic (exact) mass is 456 g/mol. The maximum absolute atomic E-state index is 12.9. The van der Waals surface area contributed by atoms with Gasteiger partial charge in [0.25, 0.3) is 5.91 Å². The maximum atomic E-state index is 12.9. The number of rotatable bonds is 5. The van der Waals surface area contributed by atoms with Crippen molar-refractivity contribution >= 4 is 34.9 Å². The number of anilines is 1. The van der Waals surface area contributed by atoms with E-state index in [2.05, 4.69) is 14.9 Å². The van der Waals surface area contributed by atoms with Crippen LogP contribution in [-0.4, -0.2) is 53.1 Å². The van der Waals surface area contributed by atoms with E-state index in [-0.39, 0.29) is 5.91 Å². The Balaban J connectivity index is 1.36. The largest absolute Gasteiger partial charge is 0.479 e. The second kappa shape index (κ2) is 9.54. The van der Waals surface area contributed by atoms with Gasteiger partial charge in [0.05, 0.1) is 10.7 Å². The van der Waals surface area contributed by atoms with Gasteiger partial charge in [0.15, 0.2) is 6.10 Å². The second-order valence-electron chi connectivity index (χ2n) is 7.27. The number of aromatic nitrogens is 2. The zero-order valence-electron chi connectivity index (χ0n) is 17.0. The molecule has 1 aliphatic heterocycles. The fraction of sp³-hybridized carbons (Fsp3) is 0.261. The third kappa shape index (κ3) is 5.09. The standard InChI is InChI=1S/C23H22Cl2N4O2/c1-16(31-21-8-7-18(24)13-19(21)25)23(30)29-11-9-28(10-12-29)22-14-20(26-15-27-22)17-5-3-2-4-6-17/h2-8,13-16H,9-12H2,1H3. The molecule has 1 unspecified atom stereocenters. The summed E-state index contributed by atoms with van der Waals surface area (Å²) in [4.78, 5) is 25.6. The molecular formula is C23H22Cl2N4O2. The van der Waals surface area contributed by atoms with Crippen LogP contribution in [0.1, 0.15) is 6.92 Å². The van der Waals surface area contributed by atoms with Crippen LogP contribution in [0.4, 0.5) is 5.82 Å². The molecule has 6 nitrogen and oxygen atoms in total. The van der Waals surface area contributed by atoms with Crippen molar-refractivity contribution < 1.29 is 9.53 Å². The summed E-state index contributed by atoms with van der Waals surface area (Å²) in [5.41, 5.74) is 1.93. The Kier molecular flexibility index (Phi) is 6.59. The fourth-order valence-corrected chi connectivity index (χ4v) is 3.96. The third-order valence-electron chi connectivity index (χ3n) is 5.18. The van der Waals surface area contributed by atoms with Crippen LogP contribution >= 0.6 is 23.2 Å². The van der Waals surface area contributed by atoms with Gasteiger partial charge in [-0.2, -0.15) is 0 Å². The van der Waals surface area contributed by atoms with Gasteiger partial charge in [-0.05, 0) is 25.1 Å². The molecule has 0 N–H and O–H groups in total. The minimum absolute atomic E-state index is 0.0710. The first-order chi connectivity index (χ1) is 15.0. The van der Waals surface area contributed by atoms with Crippen molar-refractivity contribution in [3.63, 3.8) is 0 Å². The predicted octanol–water partition coefficient (Wildman–Crippen LogP) is 4.57. The molecule has 1 amide bonds. The van der Waals surface area contributed by atoms with Crippen LogP contribution in [0.3, 0.4) is 0 Å². The topological polar surface area (TPSA) is 58.6 Å². The van der Waals surface area contributed by atoms with E-state index in [4.69, 9.17) is 27.9 Å². The summed E-state index contributed by atoms with van der Waals surface area (Å²) in [6.45, 7) is 4.28. The third-order valence-corrected chi connectivity index (χ3v) is 5.71. The summed E-state index contributed by atoms with van der Waals surface area (Å²) in [5.74, 6) is 1.23. The molecule has 0 aliphatic carbocycles. The highest BCUT2D eigenvalue weighted by molar-refractivity contribution is 6.35. The first-order valence-electron chi connectivity index (χ1n) is 10.0. The van der Waals surface area contributed by atoms with Gasteiger partial charge in [-0.25, -0.2) is 9.97 Å². The molecule has 2 aromatic carbocycles. The molecule has 160 valence electrons. The van der Waals surface area contributed by atoms with Crippen molar-refractivity contribution in [3.8, 4) is 17.0 Å². The van der Waals surface area contributed by atoms with E-state index in [9.17, 15) is 4.79 Å². The van der Waals surface area contributed by atoms with E-state index < -0.39 is 6.10 Å². The maximum Gasteiger partial charge on any atom is 0.263 e. The Labute approximate surface area is 191 Å².